The number of carbonyl (C=O) groups excluding carboxylic acids is 1. The van der Waals surface area contributed by atoms with Crippen molar-refractivity contribution in [3.63, 3.8) is 0 Å². The third kappa shape index (κ3) is 2.61. The van der Waals surface area contributed by atoms with Gasteiger partial charge in [-0.2, -0.15) is 0 Å². The molecule has 0 radical (unpaired) electrons. The zero-order valence-electron chi connectivity index (χ0n) is 11.8. The minimum absolute atomic E-state index is 0.226. The quantitative estimate of drug-likeness (QED) is 0.885. The molecule has 2 N–H and O–H groups in total. The second kappa shape index (κ2) is 5.53. The predicted octanol–water partition coefficient (Wildman–Crippen LogP) is 2.18. The van der Waals surface area contributed by atoms with Crippen LogP contribution in [0, 0.1) is 0 Å². The van der Waals surface area contributed by atoms with Crippen LogP contribution in [0.2, 0.25) is 0 Å². The molecule has 1 aromatic rings. The molecule has 1 aromatic carbocycles. The molecular formula is C15H20N2O3. The average Bonchev–Trinajstić information content (AvgIpc) is 2.37. The van der Waals surface area contributed by atoms with E-state index < -0.39 is 11.5 Å². The Bertz CT molecular complexity index is 499. The highest BCUT2D eigenvalue weighted by Crippen LogP contribution is 2.25. The number of nitrogens with zero attached hydrogens (tertiary/aromatic N) is 1. The van der Waals surface area contributed by atoms with E-state index in [0.717, 1.165) is 19.3 Å². The van der Waals surface area contributed by atoms with Crippen LogP contribution in [0.3, 0.4) is 0 Å². The van der Waals surface area contributed by atoms with Crippen LogP contribution < -0.4 is 5.32 Å². The molecule has 5 heteroatoms. The van der Waals surface area contributed by atoms with Gasteiger partial charge in [0, 0.05) is 13.1 Å². The van der Waals surface area contributed by atoms with Crippen molar-refractivity contribution in [2.75, 3.05) is 7.05 Å². The molecule has 2 rings (SSSR count). The van der Waals surface area contributed by atoms with Crippen LogP contribution in [-0.2, 0) is 10.3 Å². The van der Waals surface area contributed by atoms with Gasteiger partial charge in [-0.05, 0) is 31.7 Å². The number of rotatable bonds is 4. The molecule has 0 spiro atoms. The molecular weight excluding hydrogens is 256 g/mol. The molecule has 0 bridgehead atoms. The third-order valence-electron chi connectivity index (χ3n) is 4.08. The van der Waals surface area contributed by atoms with E-state index in [0.29, 0.717) is 5.56 Å². The highest BCUT2D eigenvalue weighted by molar-refractivity contribution is 5.87. The summed E-state index contributed by atoms with van der Waals surface area (Å²) in [5.41, 5.74) is -0.862. The van der Waals surface area contributed by atoms with Crippen molar-refractivity contribution in [2.24, 2.45) is 0 Å². The van der Waals surface area contributed by atoms with E-state index in [-0.39, 0.29) is 12.1 Å². The number of hydrogen-bond acceptors (Lipinski definition) is 2. The number of aliphatic carboxylic acids is 1. The number of carbonyl (C=O) groups is 2. The molecule has 2 amide bonds. The summed E-state index contributed by atoms with van der Waals surface area (Å²) in [6.45, 7) is 1.51. The van der Waals surface area contributed by atoms with E-state index in [4.69, 9.17) is 0 Å². The predicted molar refractivity (Wildman–Crippen MR) is 75.4 cm³/mol. The maximum atomic E-state index is 12.2. The van der Waals surface area contributed by atoms with E-state index in [9.17, 15) is 14.7 Å². The van der Waals surface area contributed by atoms with Crippen LogP contribution in [0.5, 0.6) is 0 Å². The number of carboxylic acids is 1. The van der Waals surface area contributed by atoms with Gasteiger partial charge < -0.3 is 15.3 Å². The molecule has 1 aliphatic carbocycles. The highest BCUT2D eigenvalue weighted by Gasteiger charge is 2.38. The first-order valence-electron chi connectivity index (χ1n) is 6.79. The Balaban J connectivity index is 2.17. The monoisotopic (exact) mass is 276 g/mol. The largest absolute Gasteiger partial charge is 0.479 e. The summed E-state index contributed by atoms with van der Waals surface area (Å²) in [6.07, 6.45) is 3.09. The lowest BCUT2D eigenvalue weighted by molar-refractivity contribution is -0.144. The highest BCUT2D eigenvalue weighted by atomic mass is 16.4. The van der Waals surface area contributed by atoms with Gasteiger partial charge in [0.05, 0.1) is 0 Å². The molecule has 1 aliphatic rings. The van der Waals surface area contributed by atoms with Gasteiger partial charge in [-0.1, -0.05) is 30.3 Å². The smallest absolute Gasteiger partial charge is 0.333 e. The fourth-order valence-corrected chi connectivity index (χ4v) is 2.26. The minimum Gasteiger partial charge on any atom is -0.479 e. The topological polar surface area (TPSA) is 69.6 Å². The van der Waals surface area contributed by atoms with Crippen LogP contribution in [0.4, 0.5) is 4.79 Å². The molecule has 1 unspecified atom stereocenters. The van der Waals surface area contributed by atoms with Gasteiger partial charge in [0.25, 0.3) is 0 Å². The number of hydrogen-bond donors (Lipinski definition) is 2. The maximum Gasteiger partial charge on any atom is 0.333 e. The lowest BCUT2D eigenvalue weighted by Gasteiger charge is -2.37. The summed E-state index contributed by atoms with van der Waals surface area (Å²) in [5.74, 6) is -1.07. The summed E-state index contributed by atoms with van der Waals surface area (Å²) in [4.78, 5) is 25.4. The Hall–Kier alpha value is -2.04. The van der Waals surface area contributed by atoms with Gasteiger partial charge >= 0.3 is 12.0 Å². The average molecular weight is 276 g/mol. The Morgan fingerprint density at radius 2 is 1.90 bits per heavy atom. The normalized spacial score (nSPS) is 17.7. The van der Waals surface area contributed by atoms with Crippen molar-refractivity contribution in [1.29, 1.82) is 0 Å². The molecule has 1 fully saturated rings. The van der Waals surface area contributed by atoms with Gasteiger partial charge in [0.2, 0.25) is 0 Å². The fraction of sp³-hybridized carbons (Fsp3) is 0.467. The number of nitrogens with one attached hydrogen (secondary N) is 1. The molecule has 0 aliphatic heterocycles. The summed E-state index contributed by atoms with van der Waals surface area (Å²) >= 11 is 0. The molecule has 108 valence electrons. The Labute approximate surface area is 118 Å². The van der Waals surface area contributed by atoms with Crippen LogP contribution in [0.25, 0.3) is 0 Å². The Morgan fingerprint density at radius 1 is 1.30 bits per heavy atom. The van der Waals surface area contributed by atoms with Gasteiger partial charge in [-0.3, -0.25) is 0 Å². The van der Waals surface area contributed by atoms with E-state index in [1.54, 1.807) is 36.2 Å². The van der Waals surface area contributed by atoms with Gasteiger partial charge in [-0.25, -0.2) is 9.59 Å². The van der Waals surface area contributed by atoms with Crippen LogP contribution >= 0.6 is 0 Å². The van der Waals surface area contributed by atoms with E-state index in [2.05, 4.69) is 5.32 Å². The van der Waals surface area contributed by atoms with Crippen molar-refractivity contribution in [3.05, 3.63) is 35.9 Å². The summed E-state index contributed by atoms with van der Waals surface area (Å²) in [5, 5.41) is 12.1. The lowest BCUT2D eigenvalue weighted by Crippen LogP contribution is -2.55. The van der Waals surface area contributed by atoms with E-state index in [1.807, 2.05) is 6.07 Å². The van der Waals surface area contributed by atoms with Crippen molar-refractivity contribution >= 4 is 12.0 Å². The number of urea groups is 1. The second-order valence-corrected chi connectivity index (χ2v) is 5.42. The first-order chi connectivity index (χ1) is 9.45. The SMILES string of the molecule is CN(C(=O)NC(C)(C(=O)O)c1ccccc1)C1CCC1. The van der Waals surface area contributed by atoms with Gasteiger partial charge in [0.15, 0.2) is 5.54 Å². The number of carboxylic acid groups (broad SMARTS) is 1. The standard InChI is InChI=1S/C15H20N2O3/c1-15(13(18)19,11-7-4-3-5-8-11)16-14(20)17(2)12-9-6-10-12/h3-5,7-8,12H,6,9-10H2,1-2H3,(H,16,20)(H,18,19). The van der Waals surface area contributed by atoms with Gasteiger partial charge in [-0.15, -0.1) is 0 Å². The number of benzene rings is 1. The first-order valence-corrected chi connectivity index (χ1v) is 6.79. The third-order valence-corrected chi connectivity index (χ3v) is 4.08. The Morgan fingerprint density at radius 3 is 2.35 bits per heavy atom. The van der Waals surface area contributed by atoms with Gasteiger partial charge in [0.1, 0.15) is 0 Å². The first kappa shape index (κ1) is 14.4. The minimum atomic E-state index is -1.42. The van der Waals surface area contributed by atoms with Crippen molar-refractivity contribution in [2.45, 2.75) is 37.8 Å². The molecule has 0 saturated heterocycles. The molecule has 5 nitrogen and oxygen atoms in total. The summed E-state index contributed by atoms with van der Waals surface area (Å²) in [6, 6.07) is 8.63. The zero-order chi connectivity index (χ0) is 14.8. The Kier molecular flexibility index (Phi) is 3.97. The van der Waals surface area contributed by atoms with Crippen molar-refractivity contribution in [1.82, 2.24) is 10.2 Å². The molecule has 0 heterocycles. The van der Waals surface area contributed by atoms with Crippen LogP contribution in [0.15, 0.2) is 30.3 Å². The summed E-state index contributed by atoms with van der Waals surface area (Å²) < 4.78 is 0. The second-order valence-electron chi connectivity index (χ2n) is 5.42. The molecule has 1 atom stereocenters. The molecule has 0 aromatic heterocycles. The van der Waals surface area contributed by atoms with Crippen molar-refractivity contribution < 1.29 is 14.7 Å². The number of amides is 2. The zero-order valence-corrected chi connectivity index (χ0v) is 11.8. The van der Waals surface area contributed by atoms with Crippen LogP contribution in [-0.4, -0.2) is 35.1 Å². The fourth-order valence-electron chi connectivity index (χ4n) is 2.26. The van der Waals surface area contributed by atoms with E-state index >= 15 is 0 Å². The molecule has 20 heavy (non-hydrogen) atoms. The van der Waals surface area contributed by atoms with E-state index in [1.165, 1.54) is 6.92 Å². The molecule has 1 saturated carbocycles. The maximum absolute atomic E-state index is 12.2. The summed E-state index contributed by atoms with van der Waals surface area (Å²) in [7, 11) is 1.71. The van der Waals surface area contributed by atoms with Crippen LogP contribution in [0.1, 0.15) is 31.7 Å². The lowest BCUT2D eigenvalue weighted by atomic mass is 9.91. The van der Waals surface area contributed by atoms with Crippen molar-refractivity contribution in [3.8, 4) is 0 Å².